The fraction of sp³-hybridized carbons (Fsp3) is 0.833. The maximum absolute atomic E-state index is 10.3. The lowest BCUT2D eigenvalue weighted by Crippen LogP contribution is -2.43. The Balaban J connectivity index is 2.20. The predicted molar refractivity (Wildman–Crippen MR) is 37.8 cm³/mol. The van der Waals surface area contributed by atoms with E-state index in [1.807, 2.05) is 0 Å². The molecule has 1 fully saturated rings. The van der Waals surface area contributed by atoms with E-state index in [0.717, 1.165) is 0 Å². The normalized spacial score (nSPS) is 30.6. The first kappa shape index (κ1) is 8.45. The van der Waals surface area contributed by atoms with Gasteiger partial charge in [-0.2, -0.15) is 0 Å². The third-order valence-electron chi connectivity index (χ3n) is 1.59. The number of rotatable bonds is 3. The van der Waals surface area contributed by atoms with Gasteiger partial charge in [-0.25, -0.2) is 0 Å². The van der Waals surface area contributed by atoms with Crippen molar-refractivity contribution < 1.29 is 14.6 Å². The zero-order valence-corrected chi connectivity index (χ0v) is 6.12. The van der Waals surface area contributed by atoms with Crippen molar-refractivity contribution in [2.75, 3.05) is 19.8 Å². The molecule has 1 aliphatic rings. The SMILES string of the molecule is NC(=O)CNC1COCC1O. The van der Waals surface area contributed by atoms with Crippen LogP contribution >= 0.6 is 0 Å². The number of ether oxygens (including phenoxy) is 1. The number of primary amides is 1. The first-order chi connectivity index (χ1) is 5.20. The summed E-state index contributed by atoms with van der Waals surface area (Å²) in [7, 11) is 0. The highest BCUT2D eigenvalue weighted by Crippen LogP contribution is 2.03. The summed E-state index contributed by atoms with van der Waals surface area (Å²) in [6.07, 6.45) is -0.519. The Bertz CT molecular complexity index is 151. The molecule has 64 valence electrons. The molecule has 0 aromatic heterocycles. The lowest BCUT2D eigenvalue weighted by molar-refractivity contribution is -0.117. The summed E-state index contributed by atoms with van der Waals surface area (Å²) in [5.74, 6) is -0.427. The van der Waals surface area contributed by atoms with Gasteiger partial charge in [-0.1, -0.05) is 0 Å². The Kier molecular flexibility index (Phi) is 2.81. The van der Waals surface area contributed by atoms with Crippen molar-refractivity contribution in [2.24, 2.45) is 5.73 Å². The standard InChI is InChI=1S/C6H12N2O3/c7-6(10)1-8-4-2-11-3-5(4)9/h4-5,8-9H,1-3H2,(H2,7,10). The van der Waals surface area contributed by atoms with E-state index in [-0.39, 0.29) is 12.6 Å². The van der Waals surface area contributed by atoms with Gasteiger partial charge in [-0.15, -0.1) is 0 Å². The van der Waals surface area contributed by atoms with Crippen LogP contribution in [0.25, 0.3) is 0 Å². The topological polar surface area (TPSA) is 84.6 Å². The average molecular weight is 160 g/mol. The number of carbonyl (C=O) groups is 1. The maximum Gasteiger partial charge on any atom is 0.231 e. The Morgan fingerprint density at radius 3 is 2.91 bits per heavy atom. The number of aliphatic hydroxyl groups is 1. The summed E-state index contributed by atoms with van der Waals surface area (Å²) < 4.78 is 4.94. The molecule has 5 nitrogen and oxygen atoms in total. The van der Waals surface area contributed by atoms with Crippen molar-refractivity contribution >= 4 is 5.91 Å². The molecule has 2 atom stereocenters. The molecule has 1 amide bonds. The molecule has 0 saturated carbocycles. The monoisotopic (exact) mass is 160 g/mol. The number of aliphatic hydroxyl groups excluding tert-OH is 1. The van der Waals surface area contributed by atoms with E-state index in [4.69, 9.17) is 15.6 Å². The number of nitrogens with two attached hydrogens (primary N) is 1. The summed E-state index contributed by atoms with van der Waals surface area (Å²) in [6.45, 7) is 0.857. The van der Waals surface area contributed by atoms with Gasteiger partial charge in [0.2, 0.25) is 5.91 Å². The molecular formula is C6H12N2O3. The van der Waals surface area contributed by atoms with Crippen LogP contribution in [0.3, 0.4) is 0 Å². The van der Waals surface area contributed by atoms with Crippen molar-refractivity contribution in [3.05, 3.63) is 0 Å². The Morgan fingerprint density at radius 1 is 1.73 bits per heavy atom. The first-order valence-electron chi connectivity index (χ1n) is 3.47. The maximum atomic E-state index is 10.3. The van der Waals surface area contributed by atoms with Gasteiger partial charge in [-0.3, -0.25) is 4.79 Å². The van der Waals surface area contributed by atoms with Gasteiger partial charge in [0.15, 0.2) is 0 Å². The first-order valence-corrected chi connectivity index (χ1v) is 3.47. The zero-order chi connectivity index (χ0) is 8.27. The number of hydrogen-bond acceptors (Lipinski definition) is 4. The van der Waals surface area contributed by atoms with Crippen LogP contribution in [0.1, 0.15) is 0 Å². The van der Waals surface area contributed by atoms with Crippen LogP contribution in [0, 0.1) is 0 Å². The summed E-state index contributed by atoms with van der Waals surface area (Å²) in [6, 6.07) is -0.150. The van der Waals surface area contributed by atoms with Gasteiger partial charge in [0.25, 0.3) is 0 Å². The van der Waals surface area contributed by atoms with Crippen LogP contribution in [0.4, 0.5) is 0 Å². The number of nitrogens with one attached hydrogen (secondary N) is 1. The van der Waals surface area contributed by atoms with Crippen LogP contribution < -0.4 is 11.1 Å². The molecule has 0 spiro atoms. The van der Waals surface area contributed by atoms with Gasteiger partial charge < -0.3 is 20.9 Å². The van der Waals surface area contributed by atoms with Crippen LogP contribution in [0.5, 0.6) is 0 Å². The molecule has 0 aromatic rings. The van der Waals surface area contributed by atoms with Gasteiger partial charge >= 0.3 is 0 Å². The van der Waals surface area contributed by atoms with Gasteiger partial charge in [0.1, 0.15) is 0 Å². The Morgan fingerprint density at radius 2 is 2.45 bits per heavy atom. The fourth-order valence-corrected chi connectivity index (χ4v) is 0.970. The number of hydrogen-bond donors (Lipinski definition) is 3. The number of carbonyl (C=O) groups excluding carboxylic acids is 1. The highest BCUT2D eigenvalue weighted by molar-refractivity contribution is 5.75. The lowest BCUT2D eigenvalue weighted by atomic mass is 10.2. The molecule has 0 aromatic carbocycles. The molecule has 0 aliphatic carbocycles. The highest BCUT2D eigenvalue weighted by atomic mass is 16.5. The quantitative estimate of drug-likeness (QED) is 0.438. The summed E-state index contributed by atoms with van der Waals surface area (Å²) in [4.78, 5) is 10.3. The van der Waals surface area contributed by atoms with Gasteiger partial charge in [-0.05, 0) is 0 Å². The number of amides is 1. The Labute approximate surface area is 64.5 Å². The zero-order valence-electron chi connectivity index (χ0n) is 6.12. The summed E-state index contributed by atoms with van der Waals surface area (Å²) in [5, 5.41) is 11.9. The predicted octanol–water partition coefficient (Wildman–Crippen LogP) is -2.18. The summed E-state index contributed by atoms with van der Waals surface area (Å²) >= 11 is 0. The molecule has 2 unspecified atom stereocenters. The molecular weight excluding hydrogens is 148 g/mol. The lowest BCUT2D eigenvalue weighted by Gasteiger charge is -2.12. The molecule has 0 radical (unpaired) electrons. The smallest absolute Gasteiger partial charge is 0.231 e. The second-order valence-electron chi connectivity index (χ2n) is 2.56. The highest BCUT2D eigenvalue weighted by Gasteiger charge is 2.25. The molecule has 1 saturated heterocycles. The fourth-order valence-electron chi connectivity index (χ4n) is 0.970. The largest absolute Gasteiger partial charge is 0.389 e. The van der Waals surface area contributed by atoms with E-state index in [2.05, 4.69) is 5.32 Å². The minimum absolute atomic E-state index is 0.0884. The molecule has 5 heteroatoms. The van der Waals surface area contributed by atoms with E-state index in [9.17, 15) is 4.79 Å². The Hall–Kier alpha value is -0.650. The molecule has 4 N–H and O–H groups in total. The van der Waals surface area contributed by atoms with Gasteiger partial charge in [0, 0.05) is 0 Å². The van der Waals surface area contributed by atoms with Crippen molar-refractivity contribution in [3.8, 4) is 0 Å². The van der Waals surface area contributed by atoms with Crippen LogP contribution in [0.15, 0.2) is 0 Å². The minimum atomic E-state index is -0.519. The molecule has 1 aliphatic heterocycles. The third-order valence-corrected chi connectivity index (χ3v) is 1.59. The van der Waals surface area contributed by atoms with Crippen molar-refractivity contribution in [1.82, 2.24) is 5.32 Å². The van der Waals surface area contributed by atoms with E-state index >= 15 is 0 Å². The summed E-state index contributed by atoms with van der Waals surface area (Å²) in [5.41, 5.74) is 4.89. The van der Waals surface area contributed by atoms with E-state index < -0.39 is 12.0 Å². The molecule has 1 heterocycles. The minimum Gasteiger partial charge on any atom is -0.389 e. The molecule has 1 rings (SSSR count). The molecule has 0 bridgehead atoms. The van der Waals surface area contributed by atoms with Gasteiger partial charge in [0.05, 0.1) is 31.9 Å². The average Bonchev–Trinajstić information content (AvgIpc) is 2.31. The van der Waals surface area contributed by atoms with Crippen molar-refractivity contribution in [3.63, 3.8) is 0 Å². The van der Waals surface area contributed by atoms with E-state index in [1.54, 1.807) is 0 Å². The van der Waals surface area contributed by atoms with Crippen molar-refractivity contribution in [1.29, 1.82) is 0 Å². The van der Waals surface area contributed by atoms with E-state index in [1.165, 1.54) is 0 Å². The van der Waals surface area contributed by atoms with Crippen molar-refractivity contribution in [2.45, 2.75) is 12.1 Å². The van der Waals surface area contributed by atoms with Crippen LogP contribution in [-0.2, 0) is 9.53 Å². The third kappa shape index (κ3) is 2.45. The second-order valence-corrected chi connectivity index (χ2v) is 2.56. The van der Waals surface area contributed by atoms with E-state index in [0.29, 0.717) is 13.2 Å². The van der Waals surface area contributed by atoms with Crippen LogP contribution in [0.2, 0.25) is 0 Å². The molecule has 11 heavy (non-hydrogen) atoms. The second kappa shape index (κ2) is 3.66. The van der Waals surface area contributed by atoms with Crippen LogP contribution in [-0.4, -0.2) is 42.9 Å².